The van der Waals surface area contributed by atoms with Crippen LogP contribution in [0.1, 0.15) is 59.8 Å². The van der Waals surface area contributed by atoms with Crippen LogP contribution in [0.3, 0.4) is 0 Å². The second-order valence-electron chi connectivity index (χ2n) is 4.33. The quantitative estimate of drug-likeness (QED) is 0.467. The van der Waals surface area contributed by atoms with E-state index in [2.05, 4.69) is 26.1 Å². The number of nitrogens with one attached hydrogen (secondary N) is 1. The molecule has 3 atom stereocenters. The van der Waals surface area contributed by atoms with Crippen molar-refractivity contribution in [1.82, 2.24) is 5.32 Å². The van der Waals surface area contributed by atoms with Gasteiger partial charge in [-0.3, -0.25) is 5.32 Å². The maximum atomic E-state index is 9.26. The first-order valence-electron chi connectivity index (χ1n) is 6.05. The second-order valence-corrected chi connectivity index (χ2v) is 4.33. The molecule has 0 amide bonds. The van der Waals surface area contributed by atoms with Crippen LogP contribution in [0.15, 0.2) is 0 Å². The van der Waals surface area contributed by atoms with Gasteiger partial charge >= 0.3 is 0 Å². The summed E-state index contributed by atoms with van der Waals surface area (Å²) in [6.07, 6.45) is 5.91. The molecular formula is C12H27NO. The molecule has 0 radical (unpaired) electrons. The molecule has 0 saturated heterocycles. The van der Waals surface area contributed by atoms with E-state index in [4.69, 9.17) is 0 Å². The van der Waals surface area contributed by atoms with E-state index in [0.717, 1.165) is 6.42 Å². The first kappa shape index (κ1) is 13.9. The Balaban J connectivity index is 3.73. The molecule has 86 valence electrons. The first-order valence-corrected chi connectivity index (χ1v) is 6.05. The maximum Gasteiger partial charge on any atom is 0.102 e. The Hall–Kier alpha value is -0.0800. The third-order valence-corrected chi connectivity index (χ3v) is 2.85. The number of rotatable bonds is 8. The van der Waals surface area contributed by atoms with Crippen LogP contribution < -0.4 is 5.32 Å². The van der Waals surface area contributed by atoms with Crippen molar-refractivity contribution >= 4 is 0 Å². The van der Waals surface area contributed by atoms with Gasteiger partial charge in [0.15, 0.2) is 0 Å². The van der Waals surface area contributed by atoms with Gasteiger partial charge in [-0.15, -0.1) is 0 Å². The molecule has 0 bridgehead atoms. The molecule has 0 spiro atoms. The van der Waals surface area contributed by atoms with Crippen molar-refractivity contribution in [3.05, 3.63) is 0 Å². The van der Waals surface area contributed by atoms with E-state index in [0.29, 0.717) is 12.0 Å². The number of unbranched alkanes of at least 4 members (excludes halogenated alkanes) is 2. The largest absolute Gasteiger partial charge is 0.379 e. The molecule has 0 rings (SSSR count). The number of aliphatic hydroxyl groups excluding tert-OH is 1. The summed E-state index contributed by atoms with van der Waals surface area (Å²) in [6, 6.07) is 0.465. The zero-order chi connectivity index (χ0) is 11.0. The van der Waals surface area contributed by atoms with E-state index < -0.39 is 0 Å². The normalized spacial score (nSPS) is 17.8. The summed E-state index contributed by atoms with van der Waals surface area (Å²) in [6.45, 7) is 8.48. The minimum absolute atomic E-state index is 0.381. The van der Waals surface area contributed by atoms with Crippen molar-refractivity contribution in [2.75, 3.05) is 0 Å². The molecule has 0 aromatic carbocycles. The minimum atomic E-state index is -0.381. The molecule has 0 aliphatic rings. The molecule has 0 fully saturated rings. The van der Waals surface area contributed by atoms with Gasteiger partial charge < -0.3 is 5.11 Å². The Labute approximate surface area is 89.1 Å². The average Bonchev–Trinajstić information content (AvgIpc) is 2.14. The SMILES string of the molecule is CCCCCC(C)C(CC)NC(C)O. The molecule has 0 saturated carbocycles. The average molecular weight is 201 g/mol. The van der Waals surface area contributed by atoms with Gasteiger partial charge in [-0.05, 0) is 25.7 Å². The van der Waals surface area contributed by atoms with Crippen LogP contribution in [0.4, 0.5) is 0 Å². The fourth-order valence-electron chi connectivity index (χ4n) is 1.91. The number of hydrogen-bond acceptors (Lipinski definition) is 2. The van der Waals surface area contributed by atoms with E-state index in [9.17, 15) is 5.11 Å². The minimum Gasteiger partial charge on any atom is -0.379 e. The monoisotopic (exact) mass is 201 g/mol. The van der Waals surface area contributed by atoms with Gasteiger partial charge in [-0.1, -0.05) is 40.0 Å². The molecule has 0 aromatic heterocycles. The summed E-state index contributed by atoms with van der Waals surface area (Å²) in [5.41, 5.74) is 0. The summed E-state index contributed by atoms with van der Waals surface area (Å²) in [5.74, 6) is 0.668. The Kier molecular flexibility index (Phi) is 8.20. The van der Waals surface area contributed by atoms with Crippen molar-refractivity contribution in [2.24, 2.45) is 5.92 Å². The molecule has 3 unspecified atom stereocenters. The molecule has 0 heterocycles. The predicted molar refractivity (Wildman–Crippen MR) is 62.2 cm³/mol. The molecule has 0 aliphatic carbocycles. The number of hydrogen-bond donors (Lipinski definition) is 2. The lowest BCUT2D eigenvalue weighted by Crippen LogP contribution is -2.40. The highest BCUT2D eigenvalue weighted by atomic mass is 16.3. The van der Waals surface area contributed by atoms with Crippen LogP contribution in [0, 0.1) is 5.92 Å². The fourth-order valence-corrected chi connectivity index (χ4v) is 1.91. The Morgan fingerprint density at radius 3 is 2.21 bits per heavy atom. The van der Waals surface area contributed by atoms with Crippen LogP contribution in [-0.2, 0) is 0 Å². The predicted octanol–water partition coefficient (Wildman–Crippen LogP) is 2.91. The zero-order valence-electron chi connectivity index (χ0n) is 10.2. The summed E-state index contributed by atoms with van der Waals surface area (Å²) >= 11 is 0. The smallest absolute Gasteiger partial charge is 0.102 e. The Morgan fingerprint density at radius 1 is 1.14 bits per heavy atom. The fraction of sp³-hybridized carbons (Fsp3) is 1.00. The standard InChI is InChI=1S/C12H27NO/c1-5-7-8-9-10(3)12(6-2)13-11(4)14/h10-14H,5-9H2,1-4H3. The molecule has 14 heavy (non-hydrogen) atoms. The van der Waals surface area contributed by atoms with E-state index in [-0.39, 0.29) is 6.23 Å². The van der Waals surface area contributed by atoms with Gasteiger partial charge in [-0.25, -0.2) is 0 Å². The number of aliphatic hydroxyl groups is 1. The van der Waals surface area contributed by atoms with Crippen molar-refractivity contribution in [1.29, 1.82) is 0 Å². The van der Waals surface area contributed by atoms with Crippen molar-refractivity contribution in [2.45, 2.75) is 72.1 Å². The molecule has 2 heteroatoms. The summed E-state index contributed by atoms with van der Waals surface area (Å²) in [5, 5.41) is 12.5. The Morgan fingerprint density at radius 2 is 1.79 bits per heavy atom. The van der Waals surface area contributed by atoms with Gasteiger partial charge in [0.1, 0.15) is 6.23 Å². The molecule has 0 aromatic rings. The van der Waals surface area contributed by atoms with Crippen LogP contribution >= 0.6 is 0 Å². The van der Waals surface area contributed by atoms with Crippen LogP contribution in [-0.4, -0.2) is 17.4 Å². The van der Waals surface area contributed by atoms with Gasteiger partial charge in [0.2, 0.25) is 0 Å². The van der Waals surface area contributed by atoms with Crippen molar-refractivity contribution in [3.63, 3.8) is 0 Å². The van der Waals surface area contributed by atoms with Crippen LogP contribution in [0.5, 0.6) is 0 Å². The van der Waals surface area contributed by atoms with E-state index >= 15 is 0 Å². The molecule has 2 N–H and O–H groups in total. The second kappa shape index (κ2) is 8.25. The summed E-state index contributed by atoms with van der Waals surface area (Å²) in [4.78, 5) is 0. The highest BCUT2D eigenvalue weighted by Gasteiger charge is 2.15. The highest BCUT2D eigenvalue weighted by molar-refractivity contribution is 4.72. The lowest BCUT2D eigenvalue weighted by molar-refractivity contribution is 0.124. The van der Waals surface area contributed by atoms with Crippen molar-refractivity contribution < 1.29 is 5.11 Å². The van der Waals surface area contributed by atoms with Crippen LogP contribution in [0.2, 0.25) is 0 Å². The molecule has 2 nitrogen and oxygen atoms in total. The molecular weight excluding hydrogens is 174 g/mol. The van der Waals surface area contributed by atoms with Gasteiger partial charge in [-0.2, -0.15) is 0 Å². The third-order valence-electron chi connectivity index (χ3n) is 2.85. The molecule has 0 aliphatic heterocycles. The Bertz CT molecular complexity index is 125. The van der Waals surface area contributed by atoms with E-state index in [1.165, 1.54) is 25.7 Å². The van der Waals surface area contributed by atoms with Gasteiger partial charge in [0.05, 0.1) is 0 Å². The van der Waals surface area contributed by atoms with Gasteiger partial charge in [0.25, 0.3) is 0 Å². The first-order chi connectivity index (χ1) is 6.61. The van der Waals surface area contributed by atoms with E-state index in [1.807, 2.05) is 0 Å². The highest BCUT2D eigenvalue weighted by Crippen LogP contribution is 2.15. The van der Waals surface area contributed by atoms with Crippen molar-refractivity contribution in [3.8, 4) is 0 Å². The topological polar surface area (TPSA) is 32.3 Å². The summed E-state index contributed by atoms with van der Waals surface area (Å²) < 4.78 is 0. The van der Waals surface area contributed by atoms with Crippen LogP contribution in [0.25, 0.3) is 0 Å². The van der Waals surface area contributed by atoms with Gasteiger partial charge in [0, 0.05) is 6.04 Å². The van der Waals surface area contributed by atoms with E-state index in [1.54, 1.807) is 6.92 Å². The lowest BCUT2D eigenvalue weighted by Gasteiger charge is -2.25. The maximum absolute atomic E-state index is 9.26. The third kappa shape index (κ3) is 6.39. The summed E-state index contributed by atoms with van der Waals surface area (Å²) in [7, 11) is 0. The zero-order valence-corrected chi connectivity index (χ0v) is 10.2. The lowest BCUT2D eigenvalue weighted by atomic mass is 9.93.